The SMILES string of the molecule is [2H]CN(C)CC. The lowest BCUT2D eigenvalue weighted by Gasteiger charge is -2.00. The van der Waals surface area contributed by atoms with Crippen LogP contribution >= 0.6 is 0 Å². The predicted octanol–water partition coefficient (Wildman–Crippen LogP) is 0.568. The fourth-order valence-corrected chi connectivity index (χ4v) is 0. The molecule has 0 N–H and O–H groups in total. The van der Waals surface area contributed by atoms with Gasteiger partial charge in [0, 0.05) is 1.37 Å². The van der Waals surface area contributed by atoms with E-state index in [0.29, 0.717) is 7.02 Å². The van der Waals surface area contributed by atoms with Crippen LogP contribution in [0.25, 0.3) is 0 Å². The second kappa shape index (κ2) is 2.21. The number of hydrogen-bond donors (Lipinski definition) is 0. The van der Waals surface area contributed by atoms with Crippen LogP contribution in [0.5, 0.6) is 0 Å². The molecule has 0 heterocycles. The largest absolute Gasteiger partial charge is 0.310 e. The van der Waals surface area contributed by atoms with Crippen molar-refractivity contribution in [2.24, 2.45) is 0 Å². The van der Waals surface area contributed by atoms with Gasteiger partial charge in [-0.15, -0.1) is 0 Å². The molecule has 1 heteroatoms. The van der Waals surface area contributed by atoms with E-state index in [0.717, 1.165) is 6.54 Å². The molecule has 1 nitrogen and oxygen atoms in total. The van der Waals surface area contributed by atoms with Crippen molar-refractivity contribution < 1.29 is 1.37 Å². The Hall–Kier alpha value is -0.0400. The standard InChI is InChI=1S/C4H11N/c1-4-5(2)3/h4H2,1-3H3/i2D. The molecule has 0 rings (SSSR count). The van der Waals surface area contributed by atoms with Crippen molar-refractivity contribution in [2.45, 2.75) is 6.92 Å². The highest BCUT2D eigenvalue weighted by molar-refractivity contribution is 4.25. The van der Waals surface area contributed by atoms with Gasteiger partial charge in [-0.05, 0) is 20.6 Å². The normalized spacial score (nSPS) is 12.2. The van der Waals surface area contributed by atoms with Crippen LogP contribution in [0.3, 0.4) is 0 Å². The summed E-state index contributed by atoms with van der Waals surface area (Å²) in [4.78, 5) is 1.92. The molecule has 0 aliphatic rings. The van der Waals surface area contributed by atoms with E-state index in [1.165, 1.54) is 0 Å². The minimum absolute atomic E-state index is 0.413. The first-order valence-corrected chi connectivity index (χ1v) is 1.79. The van der Waals surface area contributed by atoms with E-state index in [1.807, 2.05) is 18.9 Å². The van der Waals surface area contributed by atoms with E-state index in [1.54, 1.807) is 0 Å². The molecular weight excluding hydrogens is 62.1 g/mol. The molecular formula is C4H11N. The summed E-state index contributed by atoms with van der Waals surface area (Å²) in [6.07, 6.45) is 0. The zero-order valence-electron chi connectivity index (χ0n) is 4.86. The number of hydrogen-bond acceptors (Lipinski definition) is 1. The topological polar surface area (TPSA) is 3.24 Å². The van der Waals surface area contributed by atoms with E-state index in [4.69, 9.17) is 1.37 Å². The zero-order chi connectivity index (χ0) is 4.99. The lowest BCUT2D eigenvalue weighted by Crippen LogP contribution is -2.08. The molecule has 0 atom stereocenters. The third-order valence-corrected chi connectivity index (χ3v) is 0.540. The molecule has 0 radical (unpaired) electrons. The monoisotopic (exact) mass is 74.1 g/mol. The lowest BCUT2D eigenvalue weighted by atomic mass is 10.7. The van der Waals surface area contributed by atoms with Crippen molar-refractivity contribution in [1.82, 2.24) is 4.90 Å². The van der Waals surface area contributed by atoms with Gasteiger partial charge < -0.3 is 4.90 Å². The van der Waals surface area contributed by atoms with Crippen molar-refractivity contribution in [2.75, 3.05) is 20.6 Å². The number of rotatable bonds is 1. The summed E-state index contributed by atoms with van der Waals surface area (Å²) in [6.45, 7) is 3.01. The van der Waals surface area contributed by atoms with Crippen LogP contribution in [0.2, 0.25) is 0 Å². The van der Waals surface area contributed by atoms with Crippen LogP contribution in [0, 0.1) is 0 Å². The van der Waals surface area contributed by atoms with Crippen molar-refractivity contribution >= 4 is 0 Å². The van der Waals surface area contributed by atoms with Crippen LogP contribution in [-0.2, 0) is 0 Å². The molecule has 0 spiro atoms. The van der Waals surface area contributed by atoms with E-state index in [-0.39, 0.29) is 0 Å². The van der Waals surface area contributed by atoms with Gasteiger partial charge in [-0.3, -0.25) is 0 Å². The Morgan fingerprint density at radius 3 is 2.60 bits per heavy atom. The van der Waals surface area contributed by atoms with Crippen LogP contribution in [0.1, 0.15) is 8.29 Å². The molecule has 32 valence electrons. The Bertz CT molecular complexity index is 26.7. The van der Waals surface area contributed by atoms with Gasteiger partial charge in [0.15, 0.2) is 0 Å². The summed E-state index contributed by atoms with van der Waals surface area (Å²) < 4.78 is 6.73. The Labute approximate surface area is 35.0 Å². The fourth-order valence-electron chi connectivity index (χ4n) is 0. The molecule has 0 aromatic rings. The summed E-state index contributed by atoms with van der Waals surface area (Å²) in [7, 11) is 2.34. The van der Waals surface area contributed by atoms with Crippen LogP contribution in [0.15, 0.2) is 0 Å². The third kappa shape index (κ3) is 3.96. The summed E-state index contributed by atoms with van der Waals surface area (Å²) in [6, 6.07) is 0. The van der Waals surface area contributed by atoms with Crippen LogP contribution in [0.4, 0.5) is 0 Å². The Morgan fingerprint density at radius 1 is 2.00 bits per heavy atom. The summed E-state index contributed by atoms with van der Waals surface area (Å²) in [5.41, 5.74) is 0. The molecule has 0 aromatic heterocycles. The summed E-state index contributed by atoms with van der Waals surface area (Å²) in [5.74, 6) is 0. The summed E-state index contributed by atoms with van der Waals surface area (Å²) in [5, 5.41) is 0. The molecule has 0 saturated carbocycles. The highest BCUT2D eigenvalue weighted by Gasteiger charge is 1.72. The maximum absolute atomic E-state index is 6.73. The highest BCUT2D eigenvalue weighted by atomic mass is 15.0. The van der Waals surface area contributed by atoms with Gasteiger partial charge in [-0.2, -0.15) is 0 Å². The molecule has 0 aliphatic carbocycles. The average Bonchev–Trinajstić information content (AvgIpc) is 1.65. The fraction of sp³-hybridized carbons (Fsp3) is 1.00. The van der Waals surface area contributed by atoms with E-state index in [2.05, 4.69) is 0 Å². The van der Waals surface area contributed by atoms with Crippen molar-refractivity contribution in [3.8, 4) is 0 Å². The lowest BCUT2D eigenvalue weighted by molar-refractivity contribution is 0.434. The van der Waals surface area contributed by atoms with Crippen LogP contribution < -0.4 is 0 Å². The molecule has 0 aromatic carbocycles. The van der Waals surface area contributed by atoms with Gasteiger partial charge >= 0.3 is 0 Å². The Kier molecular flexibility index (Phi) is 1.40. The zero-order valence-corrected chi connectivity index (χ0v) is 3.86. The maximum atomic E-state index is 6.73. The highest BCUT2D eigenvalue weighted by Crippen LogP contribution is 1.63. The van der Waals surface area contributed by atoms with Gasteiger partial charge in [-0.1, -0.05) is 6.92 Å². The molecule has 0 unspecified atom stereocenters. The van der Waals surface area contributed by atoms with Crippen molar-refractivity contribution in [3.05, 3.63) is 0 Å². The Morgan fingerprint density at radius 2 is 2.60 bits per heavy atom. The Balaban J connectivity index is 2.75. The molecule has 0 saturated heterocycles. The first-order valence-electron chi connectivity index (χ1n) is 2.49. The number of nitrogens with zero attached hydrogens (tertiary/aromatic N) is 1. The van der Waals surface area contributed by atoms with E-state index in [9.17, 15) is 0 Å². The second-order valence-electron chi connectivity index (χ2n) is 1.17. The maximum Gasteiger partial charge on any atom is 0.0394 e. The molecule has 0 amide bonds. The van der Waals surface area contributed by atoms with Gasteiger partial charge in [0.25, 0.3) is 0 Å². The van der Waals surface area contributed by atoms with Crippen molar-refractivity contribution in [3.63, 3.8) is 0 Å². The minimum Gasteiger partial charge on any atom is -0.310 e. The average molecular weight is 74.1 g/mol. The van der Waals surface area contributed by atoms with E-state index < -0.39 is 0 Å². The summed E-state index contributed by atoms with van der Waals surface area (Å²) >= 11 is 0. The molecule has 0 bridgehead atoms. The van der Waals surface area contributed by atoms with Gasteiger partial charge in [-0.25, -0.2) is 0 Å². The molecule has 5 heavy (non-hydrogen) atoms. The van der Waals surface area contributed by atoms with Gasteiger partial charge in [0.05, 0.1) is 0 Å². The van der Waals surface area contributed by atoms with Crippen molar-refractivity contribution in [1.29, 1.82) is 0 Å². The minimum atomic E-state index is 0.413. The molecule has 0 fully saturated rings. The first-order chi connectivity index (χ1) is 2.81. The van der Waals surface area contributed by atoms with E-state index >= 15 is 0 Å². The predicted molar refractivity (Wildman–Crippen MR) is 24.2 cm³/mol. The van der Waals surface area contributed by atoms with Crippen LogP contribution in [-0.4, -0.2) is 25.5 Å². The van der Waals surface area contributed by atoms with Gasteiger partial charge in [0.2, 0.25) is 0 Å². The van der Waals surface area contributed by atoms with Gasteiger partial charge in [0.1, 0.15) is 0 Å². The quantitative estimate of drug-likeness (QED) is 0.439. The second-order valence-corrected chi connectivity index (χ2v) is 1.17. The first kappa shape index (κ1) is 3.16. The third-order valence-electron chi connectivity index (χ3n) is 0.540. The molecule has 0 aliphatic heterocycles. The smallest absolute Gasteiger partial charge is 0.0394 e.